The molecule has 0 saturated carbocycles. The number of benzene rings is 20. The number of rotatable bonds is 20. The van der Waals surface area contributed by atoms with E-state index in [-0.39, 0.29) is 0 Å². The molecule has 0 aromatic heterocycles. The molecule has 0 aliphatic rings. The van der Waals surface area contributed by atoms with Crippen molar-refractivity contribution in [1.82, 2.24) is 0 Å². The molecule has 0 aliphatic carbocycles. The van der Waals surface area contributed by atoms with E-state index in [9.17, 15) is 0 Å². The zero-order valence-corrected chi connectivity index (χ0v) is 66.3. The van der Waals surface area contributed by atoms with E-state index in [1.165, 1.54) is 33.1 Å². The van der Waals surface area contributed by atoms with E-state index >= 15 is 0 Å². The van der Waals surface area contributed by atoms with Crippen LogP contribution in [-0.4, -0.2) is 0 Å². The van der Waals surface area contributed by atoms with E-state index in [0.29, 0.717) is 0 Å². The molecule has 120 heavy (non-hydrogen) atoms. The maximum atomic E-state index is 2.51. The quantitative estimate of drug-likeness (QED) is 0.0527. The van der Waals surface area contributed by atoms with E-state index in [1.54, 1.807) is 0 Å². The fourth-order valence-corrected chi connectivity index (χ4v) is 18.2. The first-order valence-corrected chi connectivity index (χ1v) is 41.4. The van der Waals surface area contributed by atoms with Crippen LogP contribution in [0.3, 0.4) is 0 Å². The first kappa shape index (κ1) is 73.3. The van der Waals surface area contributed by atoms with E-state index < -0.39 is 0 Å². The highest BCUT2D eigenvalue weighted by molar-refractivity contribution is 6.32. The molecule has 20 aromatic rings. The number of hydrogen-bond donors (Lipinski definition) is 0. The SMILES string of the molecule is c1ccc(C(=C(c2ccccc2)c2cccc(-c3cc(-c4cccc(C(=C(c5ccccc5)c5ccccc5)c5ccccc5)c4)c4ccc5c(-c6cccc(C(=C(c7ccccc7)c7ccccc7)c7ccccc7)c6)cc(-c6cccc(C(=C(c7ccccc7)c7ccccc7)c7ccccc7)c6)c6ccc3c4c65)c2)c2ccccc2)cc1. The lowest BCUT2D eigenvalue weighted by atomic mass is 9.80. The monoisotopic (exact) mass is 1520 g/mol. The molecule has 0 amide bonds. The topological polar surface area (TPSA) is 0 Å². The predicted molar refractivity (Wildman–Crippen MR) is 509 cm³/mol. The largest absolute Gasteiger partial charge is 0.0622 e. The highest BCUT2D eigenvalue weighted by Crippen LogP contribution is 2.52. The van der Waals surface area contributed by atoms with Gasteiger partial charge in [-0.15, -0.1) is 0 Å². The molecule has 0 nitrogen and oxygen atoms in total. The molecule has 0 atom stereocenters. The van der Waals surface area contributed by atoms with Gasteiger partial charge in [-0.2, -0.15) is 0 Å². The fraction of sp³-hybridized carbons (Fsp3) is 0. The van der Waals surface area contributed by atoms with Crippen LogP contribution in [-0.2, 0) is 0 Å². The molecule has 0 saturated heterocycles. The molecular formula is C120H82. The Hall–Kier alpha value is -15.6. The minimum absolute atomic E-state index is 1.11. The summed E-state index contributed by atoms with van der Waals surface area (Å²) in [5.74, 6) is 0. The van der Waals surface area contributed by atoms with Gasteiger partial charge in [0.2, 0.25) is 0 Å². The van der Waals surface area contributed by atoms with Gasteiger partial charge in [0.15, 0.2) is 0 Å². The summed E-state index contributed by atoms with van der Waals surface area (Å²) in [7, 11) is 0. The lowest BCUT2D eigenvalue weighted by Crippen LogP contribution is -1.99. The summed E-state index contributed by atoms with van der Waals surface area (Å²) in [6.07, 6.45) is 0. The summed E-state index contributed by atoms with van der Waals surface area (Å²) >= 11 is 0. The molecule has 0 unspecified atom stereocenters. The average molecular weight is 1520 g/mol. The summed E-state index contributed by atoms with van der Waals surface area (Å²) < 4.78 is 0. The summed E-state index contributed by atoms with van der Waals surface area (Å²) in [6, 6.07) is 184. The van der Waals surface area contributed by atoms with Crippen LogP contribution in [0.25, 0.3) is 121 Å². The van der Waals surface area contributed by atoms with Gasteiger partial charge < -0.3 is 0 Å². The van der Waals surface area contributed by atoms with Crippen molar-refractivity contribution in [3.8, 4) is 44.5 Å². The Morgan fingerprint density at radius 1 is 0.100 bits per heavy atom. The maximum Gasteiger partial charge on any atom is -0.00139 e. The summed E-state index contributed by atoms with van der Waals surface area (Å²) in [5.41, 5.74) is 36.4. The van der Waals surface area contributed by atoms with E-state index in [1.807, 2.05) is 0 Å². The van der Waals surface area contributed by atoms with Crippen LogP contribution in [0.1, 0.15) is 89.0 Å². The molecule has 0 heterocycles. The smallest absolute Gasteiger partial charge is 0.00139 e. The van der Waals surface area contributed by atoms with Gasteiger partial charge >= 0.3 is 0 Å². The van der Waals surface area contributed by atoms with Crippen molar-refractivity contribution in [2.45, 2.75) is 0 Å². The van der Waals surface area contributed by atoms with E-state index in [0.717, 1.165) is 177 Å². The molecule has 0 aliphatic heterocycles. The molecule has 20 aromatic carbocycles. The standard InChI is InChI=1S/C120H82/c1-13-41-83(42-14-1)111(84-43-15-2-16-44-84)115(91-57-29-9-30-58-91)99-69-37-65-95(77-99)107-81-108(96-66-38-70-100(78-96)116(92-59-31-10-32-60-92)112(85-45-17-3-18-46-85)86-47-19-4-20-48-86)104-75-76-106-110(98-68-40-72-102(80-98)118(94-63-35-12-36-64-94)114(89-53-25-7-26-54-89)90-55-27-8-28-56-90)82-109(105-74-73-103(107)119(104)120(105)106)97-67-39-71-101(79-97)117(93-61-33-11-34-62-93)113(87-49-21-5-22-50-87)88-51-23-6-24-52-88/h1-82H. The molecule has 0 radical (unpaired) electrons. The maximum absolute atomic E-state index is 2.51. The normalized spacial score (nSPS) is 11.2. The molecule has 562 valence electrons. The Labute approximate surface area is 703 Å². The third kappa shape index (κ3) is 14.4. The summed E-state index contributed by atoms with van der Waals surface area (Å²) in [4.78, 5) is 0. The van der Waals surface area contributed by atoms with Crippen LogP contribution in [0, 0.1) is 0 Å². The Kier molecular flexibility index (Phi) is 20.4. The molecule has 0 heteroatoms. The Morgan fingerprint density at radius 2 is 0.225 bits per heavy atom. The van der Waals surface area contributed by atoms with Crippen molar-refractivity contribution in [2.75, 3.05) is 0 Å². The van der Waals surface area contributed by atoms with Gasteiger partial charge in [0.25, 0.3) is 0 Å². The minimum Gasteiger partial charge on any atom is -0.0622 e. The average Bonchev–Trinajstić information content (AvgIpc) is 0.703. The van der Waals surface area contributed by atoms with Crippen molar-refractivity contribution < 1.29 is 0 Å². The second-order valence-corrected chi connectivity index (χ2v) is 30.7. The van der Waals surface area contributed by atoms with Crippen LogP contribution >= 0.6 is 0 Å². The third-order valence-electron chi connectivity index (χ3n) is 23.5. The van der Waals surface area contributed by atoms with Gasteiger partial charge in [0, 0.05) is 0 Å². The lowest BCUT2D eigenvalue weighted by Gasteiger charge is -2.23. The highest BCUT2D eigenvalue weighted by atomic mass is 14.3. The second-order valence-electron chi connectivity index (χ2n) is 30.7. The lowest BCUT2D eigenvalue weighted by molar-refractivity contribution is 1.49. The van der Waals surface area contributed by atoms with Crippen LogP contribution < -0.4 is 0 Å². The summed E-state index contributed by atoms with van der Waals surface area (Å²) in [5, 5.41) is 7.05. The molecule has 20 rings (SSSR count). The molecule has 0 bridgehead atoms. The molecular weight excluding hydrogens is 1440 g/mol. The first-order valence-electron chi connectivity index (χ1n) is 41.4. The van der Waals surface area contributed by atoms with Crippen molar-refractivity contribution in [2.24, 2.45) is 0 Å². The summed E-state index contributed by atoms with van der Waals surface area (Å²) in [6.45, 7) is 0. The zero-order chi connectivity index (χ0) is 79.9. The van der Waals surface area contributed by atoms with Crippen molar-refractivity contribution in [1.29, 1.82) is 0 Å². The fourth-order valence-electron chi connectivity index (χ4n) is 18.2. The molecule has 0 N–H and O–H groups in total. The van der Waals surface area contributed by atoms with Crippen molar-refractivity contribution in [3.05, 3.63) is 586 Å². The van der Waals surface area contributed by atoms with Crippen LogP contribution in [0.4, 0.5) is 0 Å². The first-order chi connectivity index (χ1) is 59.6. The zero-order valence-electron chi connectivity index (χ0n) is 66.3. The predicted octanol–water partition coefficient (Wildman–Crippen LogP) is 31.3. The number of hydrogen-bond acceptors (Lipinski definition) is 0. The highest BCUT2D eigenvalue weighted by Gasteiger charge is 2.27. The van der Waals surface area contributed by atoms with Gasteiger partial charge in [0.1, 0.15) is 0 Å². The van der Waals surface area contributed by atoms with Gasteiger partial charge in [-0.05, 0) is 247 Å². The van der Waals surface area contributed by atoms with Gasteiger partial charge in [-0.25, -0.2) is 0 Å². The van der Waals surface area contributed by atoms with Gasteiger partial charge in [-0.1, -0.05) is 461 Å². The Balaban J connectivity index is 0.909. The van der Waals surface area contributed by atoms with Crippen LogP contribution in [0.2, 0.25) is 0 Å². The Morgan fingerprint density at radius 3 is 0.367 bits per heavy atom. The van der Waals surface area contributed by atoms with E-state index in [4.69, 9.17) is 0 Å². The van der Waals surface area contributed by atoms with Crippen molar-refractivity contribution >= 4 is 76.9 Å². The van der Waals surface area contributed by atoms with Gasteiger partial charge in [0.05, 0.1) is 0 Å². The van der Waals surface area contributed by atoms with Crippen LogP contribution in [0.15, 0.2) is 497 Å². The van der Waals surface area contributed by atoms with Gasteiger partial charge in [-0.3, -0.25) is 0 Å². The second kappa shape index (κ2) is 33.3. The third-order valence-corrected chi connectivity index (χ3v) is 23.5. The molecule has 0 fully saturated rings. The Bertz CT molecular complexity index is 6150. The molecule has 0 spiro atoms. The minimum atomic E-state index is 1.11. The van der Waals surface area contributed by atoms with Crippen LogP contribution in [0.5, 0.6) is 0 Å². The van der Waals surface area contributed by atoms with Crippen molar-refractivity contribution in [3.63, 3.8) is 0 Å². The van der Waals surface area contributed by atoms with E-state index in [2.05, 4.69) is 497 Å².